The number of thiazole rings is 1. The fraction of sp³-hybridized carbons (Fsp3) is 0.267. The maximum Gasteiger partial charge on any atom is 0.196 e. The van der Waals surface area contributed by atoms with Gasteiger partial charge in [-0.1, -0.05) is 12.1 Å². The molecule has 3 rings (SSSR count). The van der Waals surface area contributed by atoms with Crippen molar-refractivity contribution < 1.29 is 4.74 Å². The molecule has 0 radical (unpaired) electrons. The van der Waals surface area contributed by atoms with Crippen LogP contribution in [0.2, 0.25) is 0 Å². The average molecular weight is 287 g/mol. The van der Waals surface area contributed by atoms with E-state index >= 15 is 0 Å². The number of nitrogen functional groups attached to an aromatic ring is 1. The van der Waals surface area contributed by atoms with E-state index in [1.54, 1.807) is 11.3 Å². The maximum absolute atomic E-state index is 6.18. The lowest BCUT2D eigenvalue weighted by Gasteiger charge is -2.11. The lowest BCUT2D eigenvalue weighted by atomic mass is 10.1. The smallest absolute Gasteiger partial charge is 0.196 e. The van der Waals surface area contributed by atoms with Crippen molar-refractivity contribution in [2.45, 2.75) is 20.8 Å². The normalized spacial score (nSPS) is 11.2. The molecule has 0 saturated heterocycles. The first kappa shape index (κ1) is 13.0. The third-order valence-electron chi connectivity index (χ3n) is 3.31. The molecule has 2 aromatic heterocycles. The van der Waals surface area contributed by atoms with E-state index in [4.69, 9.17) is 10.5 Å². The van der Waals surface area contributed by atoms with Gasteiger partial charge in [0.2, 0.25) is 0 Å². The lowest BCUT2D eigenvalue weighted by Crippen LogP contribution is -1.99. The van der Waals surface area contributed by atoms with Crippen molar-refractivity contribution in [1.82, 2.24) is 9.38 Å². The zero-order chi connectivity index (χ0) is 14.3. The summed E-state index contributed by atoms with van der Waals surface area (Å²) in [6.07, 6.45) is 0. The number of para-hydroxylation sites is 1. The van der Waals surface area contributed by atoms with E-state index in [1.807, 2.05) is 36.4 Å². The summed E-state index contributed by atoms with van der Waals surface area (Å²) < 4.78 is 7.76. The van der Waals surface area contributed by atoms with E-state index in [-0.39, 0.29) is 0 Å². The van der Waals surface area contributed by atoms with Gasteiger partial charge in [-0.15, -0.1) is 11.3 Å². The minimum Gasteiger partial charge on any atom is -0.493 e. The SMILES string of the molecule is CCOc1ccccc1-c1c(C)sc2nc(C)c(N)n12. The van der Waals surface area contributed by atoms with Gasteiger partial charge in [0, 0.05) is 10.4 Å². The number of aromatic nitrogens is 2. The van der Waals surface area contributed by atoms with E-state index < -0.39 is 0 Å². The maximum atomic E-state index is 6.18. The molecule has 0 unspecified atom stereocenters. The monoisotopic (exact) mass is 287 g/mol. The number of benzene rings is 1. The zero-order valence-corrected chi connectivity index (χ0v) is 12.6. The van der Waals surface area contributed by atoms with Crippen LogP contribution < -0.4 is 10.5 Å². The number of rotatable bonds is 3. The van der Waals surface area contributed by atoms with Crippen LogP contribution in [0.4, 0.5) is 5.82 Å². The molecule has 0 aliphatic heterocycles. The number of aryl methyl sites for hydroxylation is 2. The van der Waals surface area contributed by atoms with Crippen molar-refractivity contribution in [3.05, 3.63) is 34.8 Å². The van der Waals surface area contributed by atoms with E-state index in [9.17, 15) is 0 Å². The first-order valence-electron chi connectivity index (χ1n) is 6.59. The van der Waals surface area contributed by atoms with Crippen LogP contribution in [0, 0.1) is 13.8 Å². The number of hydrogen-bond donors (Lipinski definition) is 1. The predicted octanol–water partition coefficient (Wildman–Crippen LogP) is 3.66. The molecule has 0 spiro atoms. The van der Waals surface area contributed by atoms with Crippen LogP contribution in [-0.4, -0.2) is 16.0 Å². The number of nitrogens with two attached hydrogens (primary N) is 1. The zero-order valence-electron chi connectivity index (χ0n) is 11.8. The molecule has 0 saturated carbocycles. The first-order valence-corrected chi connectivity index (χ1v) is 7.41. The Hall–Kier alpha value is -2.01. The van der Waals surface area contributed by atoms with Crippen molar-refractivity contribution in [3.63, 3.8) is 0 Å². The van der Waals surface area contributed by atoms with Crippen molar-refractivity contribution >= 4 is 22.1 Å². The molecule has 1 aromatic carbocycles. The predicted molar refractivity (Wildman–Crippen MR) is 83.6 cm³/mol. The fourth-order valence-electron chi connectivity index (χ4n) is 2.40. The molecular weight excluding hydrogens is 270 g/mol. The highest BCUT2D eigenvalue weighted by Gasteiger charge is 2.19. The highest BCUT2D eigenvalue weighted by Crippen LogP contribution is 2.38. The number of imidazole rings is 1. The van der Waals surface area contributed by atoms with Crippen molar-refractivity contribution in [2.24, 2.45) is 0 Å². The van der Waals surface area contributed by atoms with Gasteiger partial charge in [0.15, 0.2) is 4.96 Å². The Kier molecular flexibility index (Phi) is 3.14. The van der Waals surface area contributed by atoms with Crippen LogP contribution in [0.15, 0.2) is 24.3 Å². The number of ether oxygens (including phenoxy) is 1. The molecule has 2 N–H and O–H groups in total. The minimum atomic E-state index is 0.641. The molecule has 4 nitrogen and oxygen atoms in total. The number of fused-ring (bicyclic) bond motifs is 1. The molecule has 0 fully saturated rings. The summed E-state index contributed by atoms with van der Waals surface area (Å²) in [4.78, 5) is 6.63. The Morgan fingerprint density at radius 2 is 2.05 bits per heavy atom. The summed E-state index contributed by atoms with van der Waals surface area (Å²) in [7, 11) is 0. The summed E-state index contributed by atoms with van der Waals surface area (Å²) in [6.45, 7) is 6.65. The van der Waals surface area contributed by atoms with Crippen molar-refractivity contribution in [1.29, 1.82) is 0 Å². The van der Waals surface area contributed by atoms with Crippen LogP contribution in [0.3, 0.4) is 0 Å². The molecule has 0 aliphatic carbocycles. The van der Waals surface area contributed by atoms with Gasteiger partial charge < -0.3 is 10.5 Å². The summed E-state index contributed by atoms with van der Waals surface area (Å²) in [5.41, 5.74) is 9.18. The van der Waals surface area contributed by atoms with E-state index in [0.717, 1.165) is 27.7 Å². The third kappa shape index (κ3) is 1.86. The quantitative estimate of drug-likeness (QED) is 0.799. The van der Waals surface area contributed by atoms with Crippen LogP contribution in [0.1, 0.15) is 17.5 Å². The molecule has 3 aromatic rings. The van der Waals surface area contributed by atoms with Gasteiger partial charge in [-0.3, -0.25) is 4.40 Å². The van der Waals surface area contributed by atoms with E-state index in [2.05, 4.69) is 18.0 Å². The molecule has 104 valence electrons. The first-order chi connectivity index (χ1) is 9.63. The minimum absolute atomic E-state index is 0.641. The second-order valence-corrected chi connectivity index (χ2v) is 5.82. The number of hydrogen-bond acceptors (Lipinski definition) is 4. The molecule has 0 bridgehead atoms. The molecule has 0 aliphatic rings. The van der Waals surface area contributed by atoms with Gasteiger partial charge in [0.05, 0.1) is 18.0 Å². The molecule has 2 heterocycles. The highest BCUT2D eigenvalue weighted by atomic mass is 32.1. The topological polar surface area (TPSA) is 52.5 Å². The second-order valence-electron chi connectivity index (χ2n) is 4.64. The van der Waals surface area contributed by atoms with Crippen molar-refractivity contribution in [2.75, 3.05) is 12.3 Å². The van der Waals surface area contributed by atoms with Gasteiger partial charge in [-0.05, 0) is 32.9 Å². The Labute approximate surface area is 121 Å². The fourth-order valence-corrected chi connectivity index (χ4v) is 3.43. The molecule has 0 atom stereocenters. The summed E-state index contributed by atoms with van der Waals surface area (Å²) in [5.74, 6) is 1.58. The lowest BCUT2D eigenvalue weighted by molar-refractivity contribution is 0.341. The second kappa shape index (κ2) is 4.83. The number of anilines is 1. The number of nitrogens with zero attached hydrogens (tertiary/aromatic N) is 2. The average Bonchev–Trinajstić information content (AvgIpc) is 2.87. The summed E-state index contributed by atoms with van der Waals surface area (Å²) in [6, 6.07) is 8.05. The van der Waals surface area contributed by atoms with E-state index in [1.165, 1.54) is 4.88 Å². The van der Waals surface area contributed by atoms with Gasteiger partial charge in [0.25, 0.3) is 0 Å². The highest BCUT2D eigenvalue weighted by molar-refractivity contribution is 7.17. The van der Waals surface area contributed by atoms with Gasteiger partial charge in [-0.2, -0.15) is 0 Å². The van der Waals surface area contributed by atoms with Gasteiger partial charge in [0.1, 0.15) is 11.6 Å². The van der Waals surface area contributed by atoms with Gasteiger partial charge >= 0.3 is 0 Å². The van der Waals surface area contributed by atoms with Crippen LogP contribution in [-0.2, 0) is 0 Å². The van der Waals surface area contributed by atoms with Crippen LogP contribution in [0.25, 0.3) is 16.2 Å². The van der Waals surface area contributed by atoms with Crippen molar-refractivity contribution in [3.8, 4) is 17.0 Å². The molecular formula is C15H17N3OS. The largest absolute Gasteiger partial charge is 0.493 e. The summed E-state index contributed by atoms with van der Waals surface area (Å²) in [5, 5.41) is 0. The standard InChI is InChI=1S/C15H17N3OS/c1-4-19-12-8-6-5-7-11(12)13-10(3)20-15-17-9(2)14(16)18(13)15/h5-8H,4,16H2,1-3H3. The van der Waals surface area contributed by atoms with E-state index in [0.29, 0.717) is 12.4 Å². The Morgan fingerprint density at radius 1 is 1.30 bits per heavy atom. The summed E-state index contributed by atoms with van der Waals surface area (Å²) >= 11 is 1.65. The molecule has 20 heavy (non-hydrogen) atoms. The Morgan fingerprint density at radius 3 is 2.80 bits per heavy atom. The Balaban J connectivity index is 2.31. The molecule has 0 amide bonds. The Bertz CT molecular complexity index is 773. The molecule has 5 heteroatoms. The third-order valence-corrected chi connectivity index (χ3v) is 4.27. The van der Waals surface area contributed by atoms with Crippen LogP contribution >= 0.6 is 11.3 Å². The van der Waals surface area contributed by atoms with Gasteiger partial charge in [-0.25, -0.2) is 4.98 Å². The van der Waals surface area contributed by atoms with Crippen LogP contribution in [0.5, 0.6) is 5.75 Å².